The summed E-state index contributed by atoms with van der Waals surface area (Å²) in [6.07, 6.45) is 1.93. The molecule has 0 aromatic heterocycles. The first-order valence-corrected chi connectivity index (χ1v) is 10.6. The van der Waals surface area contributed by atoms with E-state index in [1.807, 2.05) is 36.6 Å². The van der Waals surface area contributed by atoms with Crippen LogP contribution in [-0.2, 0) is 4.79 Å². The van der Waals surface area contributed by atoms with Crippen LogP contribution in [0.15, 0.2) is 83.8 Å². The summed E-state index contributed by atoms with van der Waals surface area (Å²) >= 11 is 1.53. The number of nitrogens with zero attached hydrogens (tertiary/aromatic N) is 1. The lowest BCUT2D eigenvalue weighted by Crippen LogP contribution is -2.35. The molecule has 0 fully saturated rings. The Morgan fingerprint density at radius 1 is 0.833 bits per heavy atom. The van der Waals surface area contributed by atoms with Gasteiger partial charge in [0.2, 0.25) is 5.91 Å². The van der Waals surface area contributed by atoms with Crippen LogP contribution < -0.4 is 5.32 Å². The third kappa shape index (κ3) is 4.96. The van der Waals surface area contributed by atoms with Crippen LogP contribution >= 0.6 is 11.8 Å². The van der Waals surface area contributed by atoms with Gasteiger partial charge in [0.15, 0.2) is 5.78 Å². The lowest BCUT2D eigenvalue weighted by Gasteiger charge is -2.19. The van der Waals surface area contributed by atoms with Crippen LogP contribution in [0.25, 0.3) is 0 Å². The van der Waals surface area contributed by atoms with Gasteiger partial charge >= 0.3 is 0 Å². The van der Waals surface area contributed by atoms with Crippen molar-refractivity contribution < 1.29 is 14.4 Å². The van der Waals surface area contributed by atoms with E-state index in [0.29, 0.717) is 16.8 Å². The fraction of sp³-hybridized carbons (Fsp3) is 0.125. The normalized spacial score (nSPS) is 10.3. The van der Waals surface area contributed by atoms with Crippen molar-refractivity contribution in [2.24, 2.45) is 0 Å². The fourth-order valence-electron chi connectivity index (χ4n) is 3.04. The van der Waals surface area contributed by atoms with E-state index in [1.165, 1.54) is 16.7 Å². The number of likely N-dealkylation sites (N-methyl/N-ethyl adjacent to an activating group) is 1. The minimum absolute atomic E-state index is 0.130. The van der Waals surface area contributed by atoms with Gasteiger partial charge in [-0.2, -0.15) is 0 Å². The molecule has 0 heterocycles. The maximum absolute atomic E-state index is 13.0. The third-order valence-electron chi connectivity index (χ3n) is 4.55. The van der Waals surface area contributed by atoms with Crippen LogP contribution in [-0.4, -0.2) is 42.3 Å². The van der Waals surface area contributed by atoms with E-state index in [4.69, 9.17) is 0 Å². The highest BCUT2D eigenvalue weighted by Crippen LogP contribution is 2.24. The van der Waals surface area contributed by atoms with E-state index in [2.05, 4.69) is 5.32 Å². The van der Waals surface area contributed by atoms with Gasteiger partial charge in [-0.1, -0.05) is 60.7 Å². The number of amides is 2. The molecule has 0 atom stereocenters. The summed E-state index contributed by atoms with van der Waals surface area (Å²) in [5.41, 5.74) is 1.79. The Morgan fingerprint density at radius 3 is 2.13 bits per heavy atom. The fourth-order valence-corrected chi connectivity index (χ4v) is 3.60. The molecule has 0 bridgehead atoms. The van der Waals surface area contributed by atoms with Crippen LogP contribution in [0.5, 0.6) is 0 Å². The van der Waals surface area contributed by atoms with Crippen molar-refractivity contribution in [3.63, 3.8) is 0 Å². The maximum Gasteiger partial charge on any atom is 0.254 e. The molecule has 1 N–H and O–H groups in total. The smallest absolute Gasteiger partial charge is 0.254 e. The first-order valence-electron chi connectivity index (χ1n) is 9.38. The first-order chi connectivity index (χ1) is 14.5. The van der Waals surface area contributed by atoms with Crippen LogP contribution in [0.4, 0.5) is 5.69 Å². The van der Waals surface area contributed by atoms with Crippen molar-refractivity contribution in [1.29, 1.82) is 0 Å². The van der Waals surface area contributed by atoms with Crippen LogP contribution in [0, 0.1) is 0 Å². The second kappa shape index (κ2) is 9.89. The SMILES string of the molecule is CSc1ccccc1NC(=O)CN(C)C(=O)c1ccccc1C(=O)c1ccccc1. The number of hydrogen-bond acceptors (Lipinski definition) is 4. The highest BCUT2D eigenvalue weighted by atomic mass is 32.2. The van der Waals surface area contributed by atoms with Crippen molar-refractivity contribution in [3.05, 3.63) is 95.6 Å². The molecule has 0 saturated heterocycles. The van der Waals surface area contributed by atoms with Gasteiger partial charge in [0, 0.05) is 23.1 Å². The average molecular weight is 419 g/mol. The number of carbonyl (C=O) groups excluding carboxylic acids is 3. The molecule has 0 aliphatic rings. The summed E-state index contributed by atoms with van der Waals surface area (Å²) in [7, 11) is 1.55. The van der Waals surface area contributed by atoms with Crippen LogP contribution in [0.3, 0.4) is 0 Å². The number of thioether (sulfide) groups is 1. The van der Waals surface area contributed by atoms with Gasteiger partial charge in [-0.15, -0.1) is 11.8 Å². The molecule has 0 spiro atoms. The first kappa shape index (κ1) is 21.3. The number of para-hydroxylation sites is 1. The predicted octanol–water partition coefficient (Wildman–Crippen LogP) is 4.35. The molecular weight excluding hydrogens is 396 g/mol. The second-order valence-corrected chi connectivity index (χ2v) is 7.50. The van der Waals surface area contributed by atoms with Gasteiger partial charge < -0.3 is 10.2 Å². The Bertz CT molecular complexity index is 1070. The molecule has 3 aromatic carbocycles. The van der Waals surface area contributed by atoms with Crippen molar-refractivity contribution in [2.45, 2.75) is 4.90 Å². The molecule has 0 aliphatic heterocycles. The average Bonchev–Trinajstić information content (AvgIpc) is 2.79. The number of anilines is 1. The Morgan fingerprint density at radius 2 is 1.43 bits per heavy atom. The summed E-state index contributed by atoms with van der Waals surface area (Å²) in [6.45, 7) is -0.130. The highest BCUT2D eigenvalue weighted by molar-refractivity contribution is 7.98. The largest absolute Gasteiger partial charge is 0.332 e. The zero-order valence-electron chi connectivity index (χ0n) is 16.8. The molecule has 5 nitrogen and oxygen atoms in total. The lowest BCUT2D eigenvalue weighted by molar-refractivity contribution is -0.116. The number of nitrogens with one attached hydrogen (secondary N) is 1. The van der Waals surface area contributed by atoms with Crippen molar-refractivity contribution in [2.75, 3.05) is 25.2 Å². The van der Waals surface area contributed by atoms with Crippen molar-refractivity contribution >= 4 is 35.0 Å². The molecule has 0 radical (unpaired) electrons. The molecule has 152 valence electrons. The van der Waals surface area contributed by atoms with E-state index in [-0.39, 0.29) is 29.7 Å². The number of hydrogen-bond donors (Lipinski definition) is 1. The van der Waals surface area contributed by atoms with E-state index in [9.17, 15) is 14.4 Å². The predicted molar refractivity (Wildman–Crippen MR) is 120 cm³/mol. The Kier molecular flexibility index (Phi) is 7.03. The number of ketones is 1. The number of rotatable bonds is 7. The van der Waals surface area contributed by atoms with E-state index in [1.54, 1.807) is 55.6 Å². The summed E-state index contributed by atoms with van der Waals surface area (Å²) in [5, 5.41) is 2.84. The van der Waals surface area contributed by atoms with Gasteiger partial charge in [0.1, 0.15) is 0 Å². The number of benzene rings is 3. The summed E-state index contributed by atoms with van der Waals surface area (Å²) in [6, 6.07) is 23.0. The molecule has 0 saturated carbocycles. The Balaban J connectivity index is 1.75. The highest BCUT2D eigenvalue weighted by Gasteiger charge is 2.22. The van der Waals surface area contributed by atoms with Crippen LogP contribution in [0.1, 0.15) is 26.3 Å². The van der Waals surface area contributed by atoms with Gasteiger partial charge in [0.05, 0.1) is 17.8 Å². The Labute approximate surface area is 180 Å². The van der Waals surface area contributed by atoms with Gasteiger partial charge in [-0.3, -0.25) is 14.4 Å². The standard InChI is InChI=1S/C24H22N2O3S/c1-26(16-22(27)25-20-14-8-9-15-21(20)30-2)24(29)19-13-7-6-12-18(19)23(28)17-10-4-3-5-11-17/h3-15H,16H2,1-2H3,(H,25,27). The topological polar surface area (TPSA) is 66.5 Å². The monoisotopic (exact) mass is 418 g/mol. The summed E-state index contributed by atoms with van der Waals surface area (Å²) in [5.74, 6) is -0.923. The zero-order chi connectivity index (χ0) is 21.5. The van der Waals surface area contributed by atoms with Crippen molar-refractivity contribution in [3.8, 4) is 0 Å². The van der Waals surface area contributed by atoms with E-state index >= 15 is 0 Å². The molecule has 2 amide bonds. The molecule has 6 heteroatoms. The molecular formula is C24H22N2O3S. The minimum atomic E-state index is -0.386. The third-order valence-corrected chi connectivity index (χ3v) is 5.34. The zero-order valence-corrected chi connectivity index (χ0v) is 17.6. The molecule has 3 rings (SSSR count). The molecule has 30 heavy (non-hydrogen) atoms. The van der Waals surface area contributed by atoms with Gasteiger partial charge in [-0.05, 0) is 24.5 Å². The summed E-state index contributed by atoms with van der Waals surface area (Å²) in [4.78, 5) is 40.6. The van der Waals surface area contributed by atoms with Crippen LogP contribution in [0.2, 0.25) is 0 Å². The summed E-state index contributed by atoms with van der Waals surface area (Å²) < 4.78 is 0. The second-order valence-electron chi connectivity index (χ2n) is 6.65. The quantitative estimate of drug-likeness (QED) is 0.458. The molecule has 0 unspecified atom stereocenters. The minimum Gasteiger partial charge on any atom is -0.332 e. The van der Waals surface area contributed by atoms with Gasteiger partial charge in [0.25, 0.3) is 5.91 Å². The van der Waals surface area contributed by atoms with Crippen molar-refractivity contribution in [1.82, 2.24) is 4.90 Å². The molecule has 3 aromatic rings. The van der Waals surface area contributed by atoms with Gasteiger partial charge in [-0.25, -0.2) is 0 Å². The maximum atomic E-state index is 13.0. The lowest BCUT2D eigenvalue weighted by atomic mass is 9.97. The number of carbonyl (C=O) groups is 3. The Hall–Kier alpha value is -3.38. The molecule has 0 aliphatic carbocycles. The van der Waals surface area contributed by atoms with E-state index < -0.39 is 0 Å². The van der Waals surface area contributed by atoms with E-state index in [0.717, 1.165) is 4.90 Å².